The second kappa shape index (κ2) is 12.6. The summed E-state index contributed by atoms with van der Waals surface area (Å²) >= 11 is 1.10. The maximum absolute atomic E-state index is 14.1. The van der Waals surface area contributed by atoms with Crippen LogP contribution < -0.4 is 5.56 Å². The molecule has 2 aliphatic heterocycles. The van der Waals surface area contributed by atoms with Crippen LogP contribution in [0.25, 0.3) is 21.6 Å². The zero-order valence-electron chi connectivity index (χ0n) is 26.6. The summed E-state index contributed by atoms with van der Waals surface area (Å²) in [7, 11) is -2.08. The monoisotopic (exact) mass is 688 g/mol. The van der Waals surface area contributed by atoms with Crippen LogP contribution in [0.4, 0.5) is 0 Å². The number of thiazole rings is 1. The number of benzene rings is 1. The third-order valence-electron chi connectivity index (χ3n) is 9.58. The van der Waals surface area contributed by atoms with Crippen molar-refractivity contribution in [3.8, 4) is 10.6 Å². The minimum Gasteiger partial charge on any atom is -0.388 e. The summed E-state index contributed by atoms with van der Waals surface area (Å²) in [5.41, 5.74) is 1.17. The van der Waals surface area contributed by atoms with Crippen molar-refractivity contribution in [2.75, 3.05) is 26.2 Å². The molecular weight excluding hydrogens is 653 g/mol. The predicted molar refractivity (Wildman–Crippen MR) is 180 cm³/mol. The van der Waals surface area contributed by atoms with E-state index in [2.05, 4.69) is 19.9 Å². The average Bonchev–Trinajstić information content (AvgIpc) is 3.69. The first-order chi connectivity index (χ1) is 23.0. The summed E-state index contributed by atoms with van der Waals surface area (Å²) in [6.45, 7) is 2.78. The Morgan fingerprint density at radius 3 is 2.54 bits per heavy atom. The number of sulfonamides is 1. The van der Waals surface area contributed by atoms with Gasteiger partial charge in [0.15, 0.2) is 4.21 Å². The maximum atomic E-state index is 14.1. The molecule has 13 nitrogen and oxygen atoms in total. The van der Waals surface area contributed by atoms with E-state index in [1.807, 2.05) is 37.4 Å². The van der Waals surface area contributed by atoms with Crippen molar-refractivity contribution in [1.29, 1.82) is 0 Å². The van der Waals surface area contributed by atoms with E-state index in [4.69, 9.17) is 0 Å². The Kier molecular flexibility index (Phi) is 8.48. The summed E-state index contributed by atoms with van der Waals surface area (Å²) in [4.78, 5) is 45.9. The molecule has 2 atom stereocenters. The molecule has 5 aromatic rings. The minimum absolute atomic E-state index is 0.0483. The van der Waals surface area contributed by atoms with Gasteiger partial charge in [0.2, 0.25) is 5.91 Å². The van der Waals surface area contributed by atoms with Crippen LogP contribution in [0.5, 0.6) is 0 Å². The molecular formula is C33H36N8O5S2. The lowest BCUT2D eigenvalue weighted by Crippen LogP contribution is -2.53. The summed E-state index contributed by atoms with van der Waals surface area (Å²) in [6.07, 6.45) is 8.83. The molecule has 0 aliphatic carbocycles. The third kappa shape index (κ3) is 5.95. The van der Waals surface area contributed by atoms with Gasteiger partial charge in [0.05, 0.1) is 23.2 Å². The summed E-state index contributed by atoms with van der Waals surface area (Å²) in [5, 5.41) is 12.5. The van der Waals surface area contributed by atoms with Crippen LogP contribution in [-0.4, -0.2) is 89.5 Å². The van der Waals surface area contributed by atoms with Gasteiger partial charge in [-0.15, -0.1) is 11.3 Å². The Labute approximate surface area is 281 Å². The molecule has 0 radical (unpaired) electrons. The van der Waals surface area contributed by atoms with Crippen LogP contribution in [0.15, 0.2) is 76.6 Å². The second-order valence-electron chi connectivity index (χ2n) is 12.7. The molecule has 4 aromatic heterocycles. The lowest BCUT2D eigenvalue weighted by Gasteiger charge is -2.43. The Morgan fingerprint density at radius 2 is 1.81 bits per heavy atom. The lowest BCUT2D eigenvalue weighted by molar-refractivity contribution is -0.142. The van der Waals surface area contributed by atoms with Gasteiger partial charge in [0.1, 0.15) is 23.3 Å². The van der Waals surface area contributed by atoms with Gasteiger partial charge in [-0.2, -0.15) is 4.31 Å². The molecule has 1 amide bonds. The standard InChI is InChI=1S/C33H36N8O5S2/c1-22-32(47-29(37-22)24-16-34-20-35-17-24)48(45,46)41-13-9-25(27(18-41)23-6-4-3-5-7-23)30(42)39-14-10-33(44,11-15-39)19-40-21-36-28-26(31(40)43)8-12-38(28)2/h3-8,12,16-17,20-21,25,27,44H,9-11,13-15,18-19H2,1-2H3/t25-,27+/m1/s1. The number of hydrogen-bond acceptors (Lipinski definition) is 10. The van der Waals surface area contributed by atoms with Crippen LogP contribution >= 0.6 is 11.3 Å². The van der Waals surface area contributed by atoms with Gasteiger partial charge in [-0.3, -0.25) is 14.2 Å². The van der Waals surface area contributed by atoms with Crippen LogP contribution in [0.2, 0.25) is 0 Å². The zero-order chi connectivity index (χ0) is 33.6. The molecule has 0 bridgehead atoms. The molecule has 2 aliphatic rings. The molecule has 250 valence electrons. The highest BCUT2D eigenvalue weighted by Gasteiger charge is 2.44. The molecule has 6 heterocycles. The molecule has 0 unspecified atom stereocenters. The lowest BCUT2D eigenvalue weighted by atomic mass is 9.80. The fourth-order valence-electron chi connectivity index (χ4n) is 6.89. The highest BCUT2D eigenvalue weighted by molar-refractivity contribution is 7.91. The molecule has 2 fully saturated rings. The van der Waals surface area contributed by atoms with Crippen LogP contribution in [0.1, 0.15) is 36.4 Å². The fraction of sp³-hybridized carbons (Fsp3) is 0.394. The minimum atomic E-state index is -3.90. The number of amides is 1. The zero-order valence-corrected chi connectivity index (χ0v) is 28.3. The normalized spacial score (nSPS) is 20.3. The first kappa shape index (κ1) is 32.2. The van der Waals surface area contributed by atoms with Gasteiger partial charge >= 0.3 is 0 Å². The molecule has 7 rings (SSSR count). The predicted octanol–water partition coefficient (Wildman–Crippen LogP) is 2.81. The fourth-order valence-corrected chi connectivity index (χ4v) is 10.00. The van der Waals surface area contributed by atoms with Gasteiger partial charge in [0, 0.05) is 69.2 Å². The molecule has 0 spiro atoms. The number of hydrogen-bond donors (Lipinski definition) is 1. The Morgan fingerprint density at radius 1 is 1.08 bits per heavy atom. The van der Waals surface area contributed by atoms with E-state index in [1.165, 1.54) is 21.5 Å². The number of aliphatic hydroxyl groups is 1. The number of nitrogens with zero attached hydrogens (tertiary/aromatic N) is 8. The molecule has 48 heavy (non-hydrogen) atoms. The van der Waals surface area contributed by atoms with E-state index in [9.17, 15) is 23.1 Å². The maximum Gasteiger partial charge on any atom is 0.262 e. The Balaban J connectivity index is 1.07. The van der Waals surface area contributed by atoms with Gasteiger partial charge in [-0.25, -0.2) is 28.4 Å². The smallest absolute Gasteiger partial charge is 0.262 e. The van der Waals surface area contributed by atoms with Crippen LogP contribution in [0.3, 0.4) is 0 Å². The van der Waals surface area contributed by atoms with Crippen molar-refractivity contribution in [2.24, 2.45) is 13.0 Å². The topological polar surface area (TPSA) is 156 Å². The first-order valence-corrected chi connectivity index (χ1v) is 18.1. The van der Waals surface area contributed by atoms with Gasteiger partial charge < -0.3 is 14.6 Å². The number of aryl methyl sites for hydroxylation is 2. The average molecular weight is 689 g/mol. The number of rotatable bonds is 7. The summed E-state index contributed by atoms with van der Waals surface area (Å²) in [6, 6.07) is 11.3. The molecule has 1 N–H and O–H groups in total. The summed E-state index contributed by atoms with van der Waals surface area (Å²) < 4.78 is 33.0. The quantitative estimate of drug-likeness (QED) is 0.272. The number of carbonyl (C=O) groups is 1. The number of carbonyl (C=O) groups excluding carboxylic acids is 1. The number of likely N-dealkylation sites (tertiary alicyclic amines) is 1. The van der Waals surface area contributed by atoms with E-state index in [-0.39, 0.29) is 41.2 Å². The highest BCUT2D eigenvalue weighted by atomic mass is 32.2. The van der Waals surface area contributed by atoms with Gasteiger partial charge in [-0.05, 0) is 37.8 Å². The third-order valence-corrected chi connectivity index (χ3v) is 13.2. The van der Waals surface area contributed by atoms with E-state index in [1.54, 1.807) is 41.0 Å². The number of fused-ring (bicyclic) bond motifs is 1. The Hall–Kier alpha value is -4.31. The van der Waals surface area contributed by atoms with Gasteiger partial charge in [-0.1, -0.05) is 30.3 Å². The number of piperidine rings is 2. The molecule has 1 aromatic carbocycles. The highest BCUT2D eigenvalue weighted by Crippen LogP contribution is 2.39. The van der Waals surface area contributed by atoms with E-state index >= 15 is 0 Å². The summed E-state index contributed by atoms with van der Waals surface area (Å²) in [5.74, 6) is -0.842. The van der Waals surface area contributed by atoms with Gasteiger partial charge in [0.25, 0.3) is 15.6 Å². The molecule has 0 saturated carbocycles. The van der Waals surface area contributed by atoms with E-state index < -0.39 is 21.5 Å². The number of aromatic nitrogens is 6. The van der Waals surface area contributed by atoms with Crippen molar-refractivity contribution in [3.63, 3.8) is 0 Å². The van der Waals surface area contributed by atoms with Crippen LogP contribution in [0, 0.1) is 12.8 Å². The van der Waals surface area contributed by atoms with Crippen molar-refractivity contribution >= 4 is 38.3 Å². The van der Waals surface area contributed by atoms with E-state index in [0.29, 0.717) is 59.7 Å². The van der Waals surface area contributed by atoms with E-state index in [0.717, 1.165) is 16.9 Å². The SMILES string of the molecule is Cc1nc(-c2cncnc2)sc1S(=O)(=O)N1CC[C@@H](C(=O)N2CCC(O)(Cn3cnc4c(ccn4C)c3=O)CC2)[C@H](c2ccccc2)C1. The largest absolute Gasteiger partial charge is 0.388 e. The van der Waals surface area contributed by atoms with Crippen molar-refractivity contribution in [3.05, 3.63) is 89.3 Å². The molecule has 15 heteroatoms. The first-order valence-electron chi connectivity index (χ1n) is 15.8. The van der Waals surface area contributed by atoms with Crippen molar-refractivity contribution < 1.29 is 18.3 Å². The van der Waals surface area contributed by atoms with Crippen LogP contribution in [-0.2, 0) is 28.4 Å². The van der Waals surface area contributed by atoms with Crippen molar-refractivity contribution in [2.45, 2.75) is 48.5 Å². The second-order valence-corrected chi connectivity index (χ2v) is 15.8. The Bertz CT molecular complexity index is 2120. The molecule has 2 saturated heterocycles. The van der Waals surface area contributed by atoms with Crippen molar-refractivity contribution in [1.82, 2.24) is 38.3 Å².